The smallest absolute Gasteiger partial charge is 0.276 e. The number of hydrogen-bond acceptors (Lipinski definition) is 6. The van der Waals surface area contributed by atoms with Gasteiger partial charge in [-0.15, -0.1) is 0 Å². The summed E-state index contributed by atoms with van der Waals surface area (Å²) in [6.07, 6.45) is 0. The van der Waals surface area contributed by atoms with Crippen LogP contribution in [0.4, 0.5) is 0 Å². The molecule has 2 aromatic rings. The zero-order chi connectivity index (χ0) is 21.2. The summed E-state index contributed by atoms with van der Waals surface area (Å²) in [6, 6.07) is 12.3. The van der Waals surface area contributed by atoms with Gasteiger partial charge >= 0.3 is 0 Å². The zero-order valence-electron chi connectivity index (χ0n) is 15.8. The molecule has 8 nitrogen and oxygen atoms in total. The molecule has 2 aromatic carbocycles. The fourth-order valence-electron chi connectivity index (χ4n) is 2.09. The second-order valence-electron chi connectivity index (χ2n) is 5.69. The molecule has 0 saturated heterocycles. The zero-order valence-corrected chi connectivity index (χ0v) is 18.2. The number of ether oxygens (including phenoxy) is 3. The van der Waals surface area contributed by atoms with Crippen molar-refractivity contribution < 1.29 is 23.8 Å². The normalized spacial score (nSPS) is 9.90. The highest BCUT2D eigenvalue weighted by Gasteiger charge is 2.09. The Balaban J connectivity index is 1.68. The van der Waals surface area contributed by atoms with Crippen molar-refractivity contribution in [1.82, 2.24) is 16.2 Å². The van der Waals surface area contributed by atoms with Crippen LogP contribution >= 0.6 is 28.1 Å². The van der Waals surface area contributed by atoms with E-state index in [1.54, 1.807) is 36.4 Å². The van der Waals surface area contributed by atoms with Crippen LogP contribution in [0, 0.1) is 6.92 Å². The van der Waals surface area contributed by atoms with E-state index in [-0.39, 0.29) is 18.3 Å². The lowest BCUT2D eigenvalue weighted by Crippen LogP contribution is -2.50. The number of thiocarbonyl (C=S) groups is 1. The van der Waals surface area contributed by atoms with Crippen LogP contribution in [0.3, 0.4) is 0 Å². The van der Waals surface area contributed by atoms with E-state index in [0.29, 0.717) is 17.2 Å². The molecule has 0 unspecified atom stereocenters. The van der Waals surface area contributed by atoms with Gasteiger partial charge in [0.1, 0.15) is 5.75 Å². The third-order valence-corrected chi connectivity index (χ3v) is 4.59. The van der Waals surface area contributed by atoms with Crippen LogP contribution < -0.4 is 30.4 Å². The predicted octanol–water partition coefficient (Wildman–Crippen LogP) is 2.25. The van der Waals surface area contributed by atoms with Crippen molar-refractivity contribution >= 4 is 45.1 Å². The summed E-state index contributed by atoms with van der Waals surface area (Å²) < 4.78 is 16.9. The molecule has 0 aliphatic heterocycles. The molecule has 0 fully saturated rings. The average molecular weight is 482 g/mol. The second-order valence-corrected chi connectivity index (χ2v) is 6.95. The van der Waals surface area contributed by atoms with Gasteiger partial charge in [-0.2, -0.15) is 0 Å². The van der Waals surface area contributed by atoms with Crippen LogP contribution in [0.25, 0.3) is 0 Å². The Morgan fingerprint density at radius 1 is 1.00 bits per heavy atom. The summed E-state index contributed by atoms with van der Waals surface area (Å²) in [5.41, 5.74) is 5.73. The first-order valence-electron chi connectivity index (χ1n) is 8.42. The fraction of sp³-hybridized carbons (Fsp3) is 0.211. The van der Waals surface area contributed by atoms with Gasteiger partial charge in [-0.3, -0.25) is 25.8 Å². The number of para-hydroxylation sites is 2. The first-order chi connectivity index (χ1) is 13.9. The molecule has 0 spiro atoms. The number of hydrazine groups is 1. The van der Waals surface area contributed by atoms with Gasteiger partial charge < -0.3 is 14.2 Å². The summed E-state index contributed by atoms with van der Waals surface area (Å²) in [5, 5.41) is 2.32. The number of benzene rings is 2. The van der Waals surface area contributed by atoms with Gasteiger partial charge in [0.05, 0.1) is 7.11 Å². The Bertz CT molecular complexity index is 894. The molecule has 154 valence electrons. The van der Waals surface area contributed by atoms with Crippen LogP contribution in [0.1, 0.15) is 5.56 Å². The number of nitrogens with one attached hydrogen (secondary N) is 3. The lowest BCUT2D eigenvalue weighted by Gasteiger charge is -2.13. The van der Waals surface area contributed by atoms with Crippen molar-refractivity contribution in [3.05, 3.63) is 52.5 Å². The van der Waals surface area contributed by atoms with Gasteiger partial charge in [-0.05, 0) is 55.0 Å². The lowest BCUT2D eigenvalue weighted by atomic mass is 10.2. The Morgan fingerprint density at radius 2 is 1.69 bits per heavy atom. The third kappa shape index (κ3) is 7.59. The summed E-state index contributed by atoms with van der Waals surface area (Å²) >= 11 is 8.35. The largest absolute Gasteiger partial charge is 0.493 e. The number of methoxy groups -OCH3 is 1. The third-order valence-electron chi connectivity index (χ3n) is 3.50. The van der Waals surface area contributed by atoms with Gasteiger partial charge in [0.15, 0.2) is 29.8 Å². The second kappa shape index (κ2) is 11.2. The van der Waals surface area contributed by atoms with Crippen LogP contribution in [0.2, 0.25) is 0 Å². The van der Waals surface area contributed by atoms with Gasteiger partial charge in [0.2, 0.25) is 0 Å². The maximum atomic E-state index is 11.9. The molecular formula is C19H20BrN3O5S. The number of hydrogen-bond donors (Lipinski definition) is 3. The minimum absolute atomic E-state index is 0.0729. The molecular weight excluding hydrogens is 462 g/mol. The number of halogens is 1. The van der Waals surface area contributed by atoms with Crippen LogP contribution in [-0.4, -0.2) is 37.3 Å². The lowest BCUT2D eigenvalue weighted by molar-refractivity contribution is -0.124. The highest BCUT2D eigenvalue weighted by atomic mass is 79.9. The molecule has 0 aliphatic rings. The van der Waals surface area contributed by atoms with Crippen LogP contribution in [-0.2, 0) is 9.59 Å². The molecule has 3 N–H and O–H groups in total. The first-order valence-corrected chi connectivity index (χ1v) is 9.62. The van der Waals surface area contributed by atoms with E-state index in [2.05, 4.69) is 32.1 Å². The van der Waals surface area contributed by atoms with E-state index in [0.717, 1.165) is 10.0 Å². The predicted molar refractivity (Wildman–Crippen MR) is 115 cm³/mol. The maximum absolute atomic E-state index is 11.9. The topological polar surface area (TPSA) is 97.9 Å². The molecule has 2 amide bonds. The summed E-state index contributed by atoms with van der Waals surface area (Å²) in [4.78, 5) is 23.7. The number of carbonyl (C=O) groups is 2. The molecule has 10 heteroatoms. The molecule has 0 aliphatic carbocycles. The van der Waals surface area contributed by atoms with Crippen molar-refractivity contribution in [2.45, 2.75) is 6.92 Å². The SMILES string of the molecule is COc1ccccc1OCC(=O)NNC(=S)NC(=O)COc1ccc(Br)c(C)c1. The highest BCUT2D eigenvalue weighted by Crippen LogP contribution is 2.25. The first kappa shape index (κ1) is 22.4. The van der Waals surface area contributed by atoms with Crippen LogP contribution in [0.5, 0.6) is 17.2 Å². The van der Waals surface area contributed by atoms with Crippen molar-refractivity contribution in [3.8, 4) is 17.2 Å². The Labute approximate surface area is 182 Å². The number of carbonyl (C=O) groups excluding carboxylic acids is 2. The molecule has 0 aromatic heterocycles. The number of amides is 2. The van der Waals surface area contributed by atoms with Crippen LogP contribution in [0.15, 0.2) is 46.9 Å². The van der Waals surface area contributed by atoms with Crippen molar-refractivity contribution in [3.63, 3.8) is 0 Å². The molecule has 29 heavy (non-hydrogen) atoms. The molecule has 0 atom stereocenters. The minimum atomic E-state index is -0.492. The highest BCUT2D eigenvalue weighted by molar-refractivity contribution is 9.10. The molecule has 0 bridgehead atoms. The summed E-state index contributed by atoms with van der Waals surface area (Å²) in [7, 11) is 1.51. The van der Waals surface area contributed by atoms with E-state index in [9.17, 15) is 9.59 Å². The van der Waals surface area contributed by atoms with E-state index >= 15 is 0 Å². The van der Waals surface area contributed by atoms with Crippen molar-refractivity contribution in [1.29, 1.82) is 0 Å². The monoisotopic (exact) mass is 481 g/mol. The standard InChI is InChI=1S/C19H20BrN3O5S/c1-12-9-13(7-8-14(12)20)27-10-17(24)21-19(29)23-22-18(25)11-28-16-6-4-3-5-15(16)26-2/h3-9H,10-11H2,1-2H3,(H,22,25)(H2,21,23,24,29). The minimum Gasteiger partial charge on any atom is -0.493 e. The van der Waals surface area contributed by atoms with E-state index < -0.39 is 11.8 Å². The Kier molecular flexibility index (Phi) is 8.68. The van der Waals surface area contributed by atoms with E-state index in [1.165, 1.54) is 7.11 Å². The summed E-state index contributed by atoms with van der Waals surface area (Å²) in [6.45, 7) is 1.42. The molecule has 0 heterocycles. The summed E-state index contributed by atoms with van der Waals surface area (Å²) in [5.74, 6) is 0.538. The van der Waals surface area contributed by atoms with Gasteiger partial charge in [0.25, 0.3) is 11.8 Å². The molecule has 0 radical (unpaired) electrons. The van der Waals surface area contributed by atoms with E-state index in [4.69, 9.17) is 26.4 Å². The molecule has 2 rings (SSSR count). The average Bonchev–Trinajstić information content (AvgIpc) is 2.71. The van der Waals surface area contributed by atoms with Crippen molar-refractivity contribution in [2.75, 3.05) is 20.3 Å². The maximum Gasteiger partial charge on any atom is 0.276 e. The van der Waals surface area contributed by atoms with Gasteiger partial charge in [-0.25, -0.2) is 0 Å². The van der Waals surface area contributed by atoms with Gasteiger partial charge in [0, 0.05) is 4.47 Å². The fourth-order valence-corrected chi connectivity index (χ4v) is 2.51. The van der Waals surface area contributed by atoms with Crippen molar-refractivity contribution in [2.24, 2.45) is 0 Å². The molecule has 0 saturated carbocycles. The Morgan fingerprint density at radius 3 is 2.38 bits per heavy atom. The quantitative estimate of drug-likeness (QED) is 0.412. The Hall–Kier alpha value is -2.85. The van der Waals surface area contributed by atoms with E-state index in [1.807, 2.05) is 13.0 Å². The number of rotatable bonds is 7. The number of aryl methyl sites for hydroxylation is 1. The van der Waals surface area contributed by atoms with Gasteiger partial charge in [-0.1, -0.05) is 28.1 Å².